The van der Waals surface area contributed by atoms with Gasteiger partial charge in [0, 0.05) is 25.0 Å². The zero-order valence-electron chi connectivity index (χ0n) is 14.8. The second kappa shape index (κ2) is 5.25. The van der Waals surface area contributed by atoms with E-state index in [2.05, 4.69) is 18.7 Å². The van der Waals surface area contributed by atoms with Crippen LogP contribution in [0.1, 0.15) is 65.2 Å². The van der Waals surface area contributed by atoms with Crippen molar-refractivity contribution in [1.29, 1.82) is 0 Å². The molecule has 0 N–H and O–H groups in total. The SMILES string of the molecule is CN1C(=O)CC[C@]2(C)C3CC[C@]4(C)C(=CCl)CCC4C3CC[C@H]12. The first-order chi connectivity index (χ1) is 10.9. The molecule has 1 aliphatic heterocycles. The summed E-state index contributed by atoms with van der Waals surface area (Å²) in [5.41, 5.74) is 4.08. The number of amides is 1. The van der Waals surface area contributed by atoms with Crippen LogP contribution in [0, 0.1) is 28.6 Å². The van der Waals surface area contributed by atoms with Crippen molar-refractivity contribution in [2.24, 2.45) is 28.6 Å². The van der Waals surface area contributed by atoms with Gasteiger partial charge in [0.2, 0.25) is 5.91 Å². The molecular formula is C20H30ClNO. The highest BCUT2D eigenvalue weighted by atomic mass is 35.5. The first kappa shape index (κ1) is 16.0. The fourth-order valence-corrected chi connectivity index (χ4v) is 7.54. The van der Waals surface area contributed by atoms with Crippen molar-refractivity contribution < 1.29 is 4.79 Å². The van der Waals surface area contributed by atoms with Gasteiger partial charge in [0.1, 0.15) is 0 Å². The van der Waals surface area contributed by atoms with E-state index >= 15 is 0 Å². The van der Waals surface area contributed by atoms with Crippen LogP contribution in [-0.4, -0.2) is 23.9 Å². The Morgan fingerprint density at radius 2 is 1.87 bits per heavy atom. The van der Waals surface area contributed by atoms with Gasteiger partial charge < -0.3 is 4.90 Å². The van der Waals surface area contributed by atoms with Gasteiger partial charge in [0.25, 0.3) is 0 Å². The van der Waals surface area contributed by atoms with Crippen LogP contribution in [-0.2, 0) is 4.79 Å². The molecule has 0 aromatic rings. The van der Waals surface area contributed by atoms with Gasteiger partial charge in [-0.25, -0.2) is 0 Å². The van der Waals surface area contributed by atoms with Crippen LogP contribution in [0.5, 0.6) is 0 Å². The molecule has 1 amide bonds. The van der Waals surface area contributed by atoms with E-state index < -0.39 is 0 Å². The summed E-state index contributed by atoms with van der Waals surface area (Å²) < 4.78 is 0. The predicted molar refractivity (Wildman–Crippen MR) is 94.1 cm³/mol. The highest BCUT2D eigenvalue weighted by Gasteiger charge is 2.59. The lowest BCUT2D eigenvalue weighted by atomic mass is 9.47. The molecular weight excluding hydrogens is 306 g/mol. The summed E-state index contributed by atoms with van der Waals surface area (Å²) in [6, 6.07) is 0.471. The van der Waals surface area contributed by atoms with E-state index in [4.69, 9.17) is 11.6 Å². The van der Waals surface area contributed by atoms with Crippen molar-refractivity contribution in [3.8, 4) is 0 Å². The summed E-state index contributed by atoms with van der Waals surface area (Å²) in [7, 11) is 2.04. The average Bonchev–Trinajstić information content (AvgIpc) is 2.88. The summed E-state index contributed by atoms with van der Waals surface area (Å²) in [4.78, 5) is 14.3. The highest BCUT2D eigenvalue weighted by molar-refractivity contribution is 6.25. The number of nitrogens with zero attached hydrogens (tertiary/aromatic N) is 1. The van der Waals surface area contributed by atoms with Crippen LogP contribution in [0.3, 0.4) is 0 Å². The predicted octanol–water partition coefficient (Wildman–Crippen LogP) is 4.97. The van der Waals surface area contributed by atoms with E-state index in [0.717, 1.165) is 30.6 Å². The molecule has 0 aromatic heterocycles. The lowest BCUT2D eigenvalue weighted by Crippen LogP contribution is -2.61. The van der Waals surface area contributed by atoms with E-state index in [1.54, 1.807) is 0 Å². The summed E-state index contributed by atoms with van der Waals surface area (Å²) in [6.45, 7) is 4.97. The lowest BCUT2D eigenvalue weighted by Gasteiger charge is -2.61. The van der Waals surface area contributed by atoms with Crippen LogP contribution in [0.15, 0.2) is 11.1 Å². The molecule has 3 heteroatoms. The first-order valence-electron chi connectivity index (χ1n) is 9.47. The third-order valence-electron chi connectivity index (χ3n) is 8.54. The van der Waals surface area contributed by atoms with Crippen molar-refractivity contribution in [2.45, 2.75) is 71.3 Å². The van der Waals surface area contributed by atoms with Crippen LogP contribution in [0.4, 0.5) is 0 Å². The number of fused-ring (bicyclic) bond motifs is 5. The van der Waals surface area contributed by atoms with Crippen molar-refractivity contribution >= 4 is 17.5 Å². The smallest absolute Gasteiger partial charge is 0.222 e. The van der Waals surface area contributed by atoms with Gasteiger partial charge >= 0.3 is 0 Å². The number of rotatable bonds is 0. The number of hydrogen-bond donors (Lipinski definition) is 0. The fourth-order valence-electron chi connectivity index (χ4n) is 7.18. The molecule has 3 aliphatic carbocycles. The molecule has 1 saturated heterocycles. The van der Waals surface area contributed by atoms with E-state index in [9.17, 15) is 4.79 Å². The summed E-state index contributed by atoms with van der Waals surface area (Å²) >= 11 is 6.16. The number of likely N-dealkylation sites (tertiary alicyclic amines) is 1. The average molecular weight is 336 g/mol. The first-order valence-corrected chi connectivity index (χ1v) is 9.91. The Labute approximate surface area is 145 Å². The van der Waals surface area contributed by atoms with Crippen molar-refractivity contribution in [2.75, 3.05) is 7.05 Å². The van der Waals surface area contributed by atoms with Crippen LogP contribution in [0.25, 0.3) is 0 Å². The quantitative estimate of drug-likeness (QED) is 0.612. The van der Waals surface area contributed by atoms with Gasteiger partial charge in [0.15, 0.2) is 0 Å². The Morgan fingerprint density at radius 3 is 2.61 bits per heavy atom. The van der Waals surface area contributed by atoms with E-state index in [0.29, 0.717) is 22.8 Å². The van der Waals surface area contributed by atoms with Gasteiger partial charge in [-0.05, 0) is 73.5 Å². The van der Waals surface area contributed by atoms with Crippen molar-refractivity contribution in [3.63, 3.8) is 0 Å². The molecule has 0 radical (unpaired) electrons. The number of carbonyl (C=O) groups is 1. The number of piperidine rings is 1. The Balaban J connectivity index is 1.66. The summed E-state index contributed by atoms with van der Waals surface area (Å²) in [5, 5.41) is 0. The van der Waals surface area contributed by atoms with Gasteiger partial charge in [0.05, 0.1) is 0 Å². The Hall–Kier alpha value is -0.500. The highest BCUT2D eigenvalue weighted by Crippen LogP contribution is 2.66. The number of hydrogen-bond acceptors (Lipinski definition) is 1. The van der Waals surface area contributed by atoms with Crippen molar-refractivity contribution in [3.05, 3.63) is 11.1 Å². The second-order valence-corrected chi connectivity index (χ2v) is 9.33. The third-order valence-corrected chi connectivity index (χ3v) is 8.80. The molecule has 3 saturated carbocycles. The molecule has 2 nitrogen and oxygen atoms in total. The van der Waals surface area contributed by atoms with Gasteiger partial charge in [-0.3, -0.25) is 4.79 Å². The molecule has 4 rings (SSSR count). The molecule has 0 aromatic carbocycles. The second-order valence-electron chi connectivity index (χ2n) is 9.11. The van der Waals surface area contributed by atoms with Crippen LogP contribution >= 0.6 is 11.6 Å². The topological polar surface area (TPSA) is 20.3 Å². The van der Waals surface area contributed by atoms with Crippen LogP contribution < -0.4 is 0 Å². The Morgan fingerprint density at radius 1 is 1.09 bits per heavy atom. The molecule has 1 heterocycles. The van der Waals surface area contributed by atoms with Gasteiger partial charge in [-0.1, -0.05) is 31.0 Å². The summed E-state index contributed by atoms with van der Waals surface area (Å²) in [6.07, 6.45) is 9.49. The molecule has 4 aliphatic rings. The van der Waals surface area contributed by atoms with E-state index in [1.807, 2.05) is 12.6 Å². The Bertz CT molecular complexity index is 558. The lowest BCUT2D eigenvalue weighted by molar-refractivity contribution is -0.156. The number of carbonyl (C=O) groups excluding carboxylic acids is 1. The maximum absolute atomic E-state index is 12.2. The summed E-state index contributed by atoms with van der Waals surface area (Å²) in [5.74, 6) is 2.81. The van der Waals surface area contributed by atoms with E-state index in [-0.39, 0.29) is 0 Å². The van der Waals surface area contributed by atoms with E-state index in [1.165, 1.54) is 44.1 Å². The van der Waals surface area contributed by atoms with Crippen molar-refractivity contribution in [1.82, 2.24) is 4.90 Å². The largest absolute Gasteiger partial charge is 0.342 e. The number of halogens is 1. The standard InChI is InChI=1S/C20H30ClNO/c1-19-10-8-16-14(15(19)6-4-13(19)12-21)5-7-17-20(16,2)11-9-18(23)22(17)3/h12,14-17H,4-11H2,1-3H3/t14?,15?,16?,17-,19+,20+/m0/s1. The minimum atomic E-state index is 0.334. The van der Waals surface area contributed by atoms with Gasteiger partial charge in [-0.15, -0.1) is 0 Å². The third kappa shape index (κ3) is 2.03. The van der Waals surface area contributed by atoms with Gasteiger partial charge in [-0.2, -0.15) is 0 Å². The minimum Gasteiger partial charge on any atom is -0.342 e. The Kier molecular flexibility index (Phi) is 3.65. The zero-order valence-corrected chi connectivity index (χ0v) is 15.5. The molecule has 23 heavy (non-hydrogen) atoms. The molecule has 6 atom stereocenters. The van der Waals surface area contributed by atoms with Crippen LogP contribution in [0.2, 0.25) is 0 Å². The maximum Gasteiger partial charge on any atom is 0.222 e. The monoisotopic (exact) mass is 335 g/mol. The minimum absolute atomic E-state index is 0.334. The molecule has 0 spiro atoms. The fraction of sp³-hybridized carbons (Fsp3) is 0.850. The zero-order chi connectivity index (χ0) is 16.4. The number of allylic oxidation sites excluding steroid dienone is 1. The molecule has 128 valence electrons. The molecule has 3 unspecified atom stereocenters. The maximum atomic E-state index is 12.2. The normalized spacial score (nSPS) is 51.4. The molecule has 0 bridgehead atoms. The molecule has 4 fully saturated rings.